The summed E-state index contributed by atoms with van der Waals surface area (Å²) in [6.45, 7) is 0. The normalized spacial score (nSPS) is 13.6. The Balaban J connectivity index is 1.32. The van der Waals surface area contributed by atoms with Crippen LogP contribution < -0.4 is 0 Å². The molecule has 3 nitrogen and oxygen atoms in total. The van der Waals surface area contributed by atoms with Gasteiger partial charge in [0.1, 0.15) is 11.3 Å². The first-order chi connectivity index (χ1) is 15.7. The van der Waals surface area contributed by atoms with Crippen LogP contribution in [0, 0.1) is 0 Å². The van der Waals surface area contributed by atoms with Gasteiger partial charge in [0.25, 0.3) is 0 Å². The molecule has 152 valence electrons. The molecule has 0 unspecified atom stereocenters. The Kier molecular flexibility index (Phi) is 4.27. The first kappa shape index (κ1) is 18.7. The molecule has 3 aromatic carbocycles. The van der Waals surface area contributed by atoms with Gasteiger partial charge in [0, 0.05) is 22.1 Å². The summed E-state index contributed by atoms with van der Waals surface area (Å²) in [4.78, 5) is 27.0. The zero-order chi connectivity index (χ0) is 21.7. The summed E-state index contributed by atoms with van der Waals surface area (Å²) in [6, 6.07) is 25.3. The van der Waals surface area contributed by atoms with E-state index < -0.39 is 0 Å². The topological polar surface area (TPSA) is 47.3 Å². The van der Waals surface area contributed by atoms with Crippen LogP contribution in [0.4, 0.5) is 0 Å². The zero-order valence-corrected chi connectivity index (χ0v) is 17.7. The number of furan rings is 1. The minimum atomic E-state index is -0.248. The van der Waals surface area contributed by atoms with Gasteiger partial charge in [-0.05, 0) is 46.7 Å². The van der Waals surface area contributed by atoms with Crippen molar-refractivity contribution in [1.82, 2.24) is 0 Å². The van der Waals surface area contributed by atoms with E-state index in [2.05, 4.69) is 24.3 Å². The second-order valence-electron chi connectivity index (χ2n) is 7.73. The number of Topliss-reactive ketones (excluding diaryl/α,β-unsaturated/α-hetero) is 2. The SMILES string of the molecule is O=C1C(=Cc2cc3sc(/C=C/c4ccccc4)cc3o2)C(=O)c2cc3ccccc3cc21. The average Bonchev–Trinajstić information content (AvgIpc) is 3.44. The van der Waals surface area contributed by atoms with Crippen molar-refractivity contribution in [1.29, 1.82) is 0 Å². The van der Waals surface area contributed by atoms with Crippen molar-refractivity contribution in [3.63, 3.8) is 0 Å². The lowest BCUT2D eigenvalue weighted by Gasteiger charge is -2.00. The van der Waals surface area contributed by atoms with E-state index in [1.165, 1.54) is 0 Å². The van der Waals surface area contributed by atoms with E-state index in [1.807, 2.05) is 54.6 Å². The molecular weight excluding hydrogens is 416 g/mol. The maximum atomic E-state index is 12.9. The third-order valence-corrected chi connectivity index (χ3v) is 6.66. The molecule has 6 rings (SSSR count). The molecule has 0 spiro atoms. The molecule has 4 heteroatoms. The Morgan fingerprint density at radius 1 is 0.719 bits per heavy atom. The van der Waals surface area contributed by atoms with E-state index in [1.54, 1.807) is 29.5 Å². The third kappa shape index (κ3) is 3.13. The van der Waals surface area contributed by atoms with Crippen LogP contribution in [0.25, 0.3) is 39.3 Å². The molecule has 2 aromatic heterocycles. The lowest BCUT2D eigenvalue weighted by atomic mass is 10.0. The highest BCUT2D eigenvalue weighted by molar-refractivity contribution is 7.19. The monoisotopic (exact) mass is 432 g/mol. The van der Waals surface area contributed by atoms with Gasteiger partial charge >= 0.3 is 0 Å². The maximum Gasteiger partial charge on any atom is 0.197 e. The van der Waals surface area contributed by atoms with Gasteiger partial charge in [0.15, 0.2) is 11.6 Å². The van der Waals surface area contributed by atoms with E-state index in [0.717, 1.165) is 31.5 Å². The minimum Gasteiger partial charge on any atom is -0.456 e. The number of benzene rings is 3. The van der Waals surface area contributed by atoms with Crippen LogP contribution in [0.1, 0.15) is 36.9 Å². The molecule has 32 heavy (non-hydrogen) atoms. The van der Waals surface area contributed by atoms with Gasteiger partial charge in [-0.15, -0.1) is 11.3 Å². The van der Waals surface area contributed by atoms with E-state index in [9.17, 15) is 9.59 Å². The standard InChI is InChI=1S/C28H16O3S/c29-27-22-12-18-8-4-5-9-19(18)13-23(22)28(30)24(27)14-20-15-26-25(31-20)16-21(32-26)11-10-17-6-2-1-3-7-17/h1-16H/b11-10+. The van der Waals surface area contributed by atoms with Crippen molar-refractivity contribution in [2.45, 2.75) is 0 Å². The molecule has 1 aliphatic rings. The second-order valence-corrected chi connectivity index (χ2v) is 8.85. The van der Waals surface area contributed by atoms with E-state index >= 15 is 0 Å². The number of hydrogen-bond acceptors (Lipinski definition) is 4. The number of allylic oxidation sites excluding steroid dienone is 1. The quantitative estimate of drug-likeness (QED) is 0.222. The maximum absolute atomic E-state index is 12.9. The van der Waals surface area contributed by atoms with Gasteiger partial charge in [-0.2, -0.15) is 0 Å². The Bertz CT molecular complexity index is 1510. The number of thiophene rings is 1. The van der Waals surface area contributed by atoms with Gasteiger partial charge in [-0.3, -0.25) is 9.59 Å². The highest BCUT2D eigenvalue weighted by Gasteiger charge is 2.33. The van der Waals surface area contributed by atoms with Gasteiger partial charge < -0.3 is 4.42 Å². The molecular formula is C28H16O3S. The zero-order valence-electron chi connectivity index (χ0n) is 16.9. The Labute approximate surface area is 187 Å². The van der Waals surface area contributed by atoms with Crippen LogP contribution in [0.15, 0.2) is 88.9 Å². The summed E-state index contributed by atoms with van der Waals surface area (Å²) in [5, 5.41) is 1.89. The Hall–Kier alpha value is -4.02. The smallest absolute Gasteiger partial charge is 0.197 e. The van der Waals surface area contributed by atoms with Gasteiger partial charge in [0.05, 0.1) is 10.3 Å². The predicted molar refractivity (Wildman–Crippen MR) is 130 cm³/mol. The first-order valence-electron chi connectivity index (χ1n) is 10.3. The van der Waals surface area contributed by atoms with Crippen LogP contribution >= 0.6 is 11.3 Å². The Morgan fingerprint density at radius 3 is 2.03 bits per heavy atom. The average molecular weight is 433 g/mol. The van der Waals surface area contributed by atoms with Crippen LogP contribution in [0.2, 0.25) is 0 Å². The summed E-state index contributed by atoms with van der Waals surface area (Å²) >= 11 is 1.61. The summed E-state index contributed by atoms with van der Waals surface area (Å²) < 4.78 is 6.91. The molecule has 0 radical (unpaired) electrons. The summed E-state index contributed by atoms with van der Waals surface area (Å²) in [7, 11) is 0. The second kappa shape index (κ2) is 7.29. The molecule has 5 aromatic rings. The van der Waals surface area contributed by atoms with Gasteiger partial charge in [0.2, 0.25) is 0 Å². The van der Waals surface area contributed by atoms with Crippen LogP contribution in [-0.2, 0) is 0 Å². The highest BCUT2D eigenvalue weighted by atomic mass is 32.1. The number of ketones is 2. The van der Waals surface area contributed by atoms with Crippen molar-refractivity contribution in [3.8, 4) is 0 Å². The number of hydrogen-bond donors (Lipinski definition) is 0. The van der Waals surface area contributed by atoms with Crippen LogP contribution in [0.5, 0.6) is 0 Å². The molecule has 0 amide bonds. The lowest BCUT2D eigenvalue weighted by Crippen LogP contribution is -1.99. The molecule has 2 heterocycles. The van der Waals surface area contributed by atoms with E-state index in [0.29, 0.717) is 16.9 Å². The van der Waals surface area contributed by atoms with Gasteiger partial charge in [-0.1, -0.05) is 60.7 Å². The van der Waals surface area contributed by atoms with Crippen LogP contribution in [0.3, 0.4) is 0 Å². The molecule has 0 saturated heterocycles. The molecule has 0 fully saturated rings. The first-order valence-corrected chi connectivity index (χ1v) is 11.1. The predicted octanol–water partition coefficient (Wildman–Crippen LogP) is 7.28. The van der Waals surface area contributed by atoms with Crippen LogP contribution in [-0.4, -0.2) is 11.6 Å². The van der Waals surface area contributed by atoms with E-state index in [-0.39, 0.29) is 17.1 Å². The molecule has 0 bridgehead atoms. The van der Waals surface area contributed by atoms with Crippen molar-refractivity contribution < 1.29 is 14.0 Å². The highest BCUT2D eigenvalue weighted by Crippen LogP contribution is 2.34. The van der Waals surface area contributed by atoms with Gasteiger partial charge in [-0.25, -0.2) is 0 Å². The number of fused-ring (bicyclic) bond motifs is 3. The minimum absolute atomic E-state index is 0.154. The number of carbonyl (C=O) groups excluding carboxylic acids is 2. The Morgan fingerprint density at radius 2 is 1.38 bits per heavy atom. The molecule has 1 aliphatic carbocycles. The molecule has 0 atom stereocenters. The fourth-order valence-corrected chi connectivity index (χ4v) is 4.98. The third-order valence-electron chi connectivity index (χ3n) is 5.64. The largest absolute Gasteiger partial charge is 0.456 e. The molecule has 0 saturated carbocycles. The molecule has 0 N–H and O–H groups in total. The fraction of sp³-hybridized carbons (Fsp3) is 0. The fourth-order valence-electron chi connectivity index (χ4n) is 4.05. The van der Waals surface area contributed by atoms with Crippen molar-refractivity contribution in [2.75, 3.05) is 0 Å². The summed E-state index contributed by atoms with van der Waals surface area (Å²) in [5.74, 6) is 0.0166. The van der Waals surface area contributed by atoms with Crippen molar-refractivity contribution in [3.05, 3.63) is 112 Å². The lowest BCUT2D eigenvalue weighted by molar-refractivity contribution is 0.0990. The van der Waals surface area contributed by atoms with Crippen molar-refractivity contribution >= 4 is 62.2 Å². The summed E-state index contributed by atoms with van der Waals surface area (Å²) in [5.41, 5.74) is 2.95. The molecule has 0 aliphatic heterocycles. The number of rotatable bonds is 3. The van der Waals surface area contributed by atoms with Crippen molar-refractivity contribution in [2.24, 2.45) is 0 Å². The van der Waals surface area contributed by atoms with E-state index in [4.69, 9.17) is 4.42 Å². The number of carbonyl (C=O) groups is 2. The summed E-state index contributed by atoms with van der Waals surface area (Å²) in [6.07, 6.45) is 5.69.